The van der Waals surface area contributed by atoms with E-state index in [1.54, 1.807) is 22.9 Å². The van der Waals surface area contributed by atoms with Crippen LogP contribution in [0.4, 0.5) is 0 Å². The number of hydrogen-bond acceptors (Lipinski definition) is 5. The fraction of sp³-hybridized carbons (Fsp3) is 0.154. The lowest BCUT2D eigenvalue weighted by atomic mass is 10.2. The Morgan fingerprint density at radius 3 is 2.16 bits per heavy atom. The third kappa shape index (κ3) is 3.97. The number of primary amides is 1. The molecule has 2 rings (SSSR count). The highest BCUT2D eigenvalue weighted by Crippen LogP contribution is 2.35. The summed E-state index contributed by atoms with van der Waals surface area (Å²) >= 11 is 0. The Labute approximate surface area is 119 Å². The van der Waals surface area contributed by atoms with Gasteiger partial charge in [0.2, 0.25) is 5.91 Å². The Morgan fingerprint density at radius 1 is 1.05 bits per heavy atom. The summed E-state index contributed by atoms with van der Waals surface area (Å²) in [6.07, 6.45) is 0. The molecule has 0 aliphatic rings. The number of aromatic nitrogens is 2. The number of aryl methyl sites for hydroxylation is 2. The second-order valence-electron chi connectivity index (χ2n) is 3.99. The van der Waals surface area contributed by atoms with Gasteiger partial charge in [-0.3, -0.25) is 4.79 Å². The van der Waals surface area contributed by atoms with Gasteiger partial charge in [0.1, 0.15) is 0 Å². The van der Waals surface area contributed by atoms with Gasteiger partial charge in [-0.05, 0) is 65.8 Å². The summed E-state index contributed by atoms with van der Waals surface area (Å²) in [7, 11) is 3.05. The van der Waals surface area contributed by atoms with Crippen LogP contribution in [0.5, 0.6) is 0 Å². The van der Waals surface area contributed by atoms with Crippen LogP contribution < -0.4 is 5.73 Å². The van der Waals surface area contributed by atoms with Crippen LogP contribution in [0.3, 0.4) is 0 Å². The lowest BCUT2D eigenvalue weighted by Gasteiger charge is -2.03. The maximum absolute atomic E-state index is 11.0. The first-order valence-electron chi connectivity index (χ1n) is 5.61. The number of rotatable bonds is 4. The SMILES string of the molecule is Cc1cc(C)nc(SSc2ccc(C(N)=O)cc2)n1. The molecule has 0 saturated carbocycles. The number of benzene rings is 1. The minimum absolute atomic E-state index is 0.415. The van der Waals surface area contributed by atoms with Crippen molar-refractivity contribution >= 4 is 27.5 Å². The fourth-order valence-electron chi connectivity index (χ4n) is 1.49. The van der Waals surface area contributed by atoms with Crippen LogP contribution in [0.1, 0.15) is 21.7 Å². The van der Waals surface area contributed by atoms with Crippen LogP contribution in [-0.2, 0) is 0 Å². The molecule has 0 radical (unpaired) electrons. The molecule has 1 heterocycles. The summed E-state index contributed by atoms with van der Waals surface area (Å²) in [5.74, 6) is -0.415. The van der Waals surface area contributed by atoms with Crippen LogP contribution in [0, 0.1) is 13.8 Å². The molecule has 0 saturated heterocycles. The maximum atomic E-state index is 11.0. The van der Waals surface area contributed by atoms with Gasteiger partial charge in [0, 0.05) is 21.8 Å². The van der Waals surface area contributed by atoms with Gasteiger partial charge in [0.05, 0.1) is 0 Å². The lowest BCUT2D eigenvalue weighted by Crippen LogP contribution is -2.10. The average molecular weight is 291 g/mol. The van der Waals surface area contributed by atoms with Gasteiger partial charge < -0.3 is 5.73 Å². The normalized spacial score (nSPS) is 10.4. The first-order chi connectivity index (χ1) is 9.04. The van der Waals surface area contributed by atoms with Crippen LogP contribution in [-0.4, -0.2) is 15.9 Å². The summed E-state index contributed by atoms with van der Waals surface area (Å²) in [6.45, 7) is 3.90. The zero-order chi connectivity index (χ0) is 13.8. The van der Waals surface area contributed by atoms with E-state index in [4.69, 9.17) is 5.73 Å². The Morgan fingerprint density at radius 2 is 1.63 bits per heavy atom. The summed E-state index contributed by atoms with van der Waals surface area (Å²) < 4.78 is 0. The van der Waals surface area contributed by atoms with Crippen LogP contribution in [0.25, 0.3) is 0 Å². The standard InChI is InChI=1S/C13H13N3OS2/c1-8-7-9(2)16-13(15-8)19-18-11-5-3-10(4-6-11)12(14)17/h3-7H,1-2H3,(H2,14,17). The van der Waals surface area contributed by atoms with Gasteiger partial charge in [-0.2, -0.15) is 0 Å². The summed E-state index contributed by atoms with van der Waals surface area (Å²) in [5, 5.41) is 0.737. The van der Waals surface area contributed by atoms with Crippen molar-refractivity contribution in [3.63, 3.8) is 0 Å². The van der Waals surface area contributed by atoms with Crippen molar-refractivity contribution in [2.75, 3.05) is 0 Å². The van der Waals surface area contributed by atoms with Crippen LogP contribution >= 0.6 is 21.6 Å². The van der Waals surface area contributed by atoms with Crippen molar-refractivity contribution in [1.82, 2.24) is 9.97 Å². The number of amides is 1. The van der Waals surface area contributed by atoms with Gasteiger partial charge >= 0.3 is 0 Å². The Bertz CT molecular complexity index is 579. The van der Waals surface area contributed by atoms with Crippen molar-refractivity contribution in [3.8, 4) is 0 Å². The summed E-state index contributed by atoms with van der Waals surface area (Å²) in [4.78, 5) is 20.7. The predicted molar refractivity (Wildman–Crippen MR) is 78.2 cm³/mol. The van der Waals surface area contributed by atoms with Crippen molar-refractivity contribution in [2.24, 2.45) is 5.73 Å². The van der Waals surface area contributed by atoms with Crippen LogP contribution in [0.15, 0.2) is 40.4 Å². The highest BCUT2D eigenvalue weighted by atomic mass is 33.1. The van der Waals surface area contributed by atoms with E-state index in [0.717, 1.165) is 21.4 Å². The molecule has 2 aromatic rings. The smallest absolute Gasteiger partial charge is 0.248 e. The molecule has 98 valence electrons. The Balaban J connectivity index is 2.03. The molecule has 0 aliphatic carbocycles. The Hall–Kier alpha value is -1.53. The molecule has 0 spiro atoms. The molecule has 0 unspecified atom stereocenters. The predicted octanol–water partition coefficient (Wildman–Crippen LogP) is 2.99. The second-order valence-corrected chi connectivity index (χ2v) is 6.16. The molecule has 1 aromatic heterocycles. The quantitative estimate of drug-likeness (QED) is 0.692. The van der Waals surface area contributed by atoms with E-state index in [-0.39, 0.29) is 0 Å². The summed E-state index contributed by atoms with van der Waals surface area (Å²) in [5.41, 5.74) is 7.62. The van der Waals surface area contributed by atoms with Gasteiger partial charge in [0.25, 0.3) is 0 Å². The maximum Gasteiger partial charge on any atom is 0.248 e. The van der Waals surface area contributed by atoms with Crippen molar-refractivity contribution in [3.05, 3.63) is 47.3 Å². The van der Waals surface area contributed by atoms with E-state index in [2.05, 4.69) is 9.97 Å². The highest BCUT2D eigenvalue weighted by molar-refractivity contribution is 8.76. The van der Waals surface area contributed by atoms with Crippen LogP contribution in [0.2, 0.25) is 0 Å². The number of carbonyl (C=O) groups excluding carboxylic acids is 1. The first kappa shape index (κ1) is 13.9. The molecule has 1 amide bonds. The highest BCUT2D eigenvalue weighted by Gasteiger charge is 2.04. The van der Waals surface area contributed by atoms with E-state index < -0.39 is 5.91 Å². The largest absolute Gasteiger partial charge is 0.366 e. The van der Waals surface area contributed by atoms with Gasteiger partial charge in [-0.15, -0.1) is 0 Å². The van der Waals surface area contributed by atoms with E-state index in [1.807, 2.05) is 32.0 Å². The monoisotopic (exact) mass is 291 g/mol. The topological polar surface area (TPSA) is 68.9 Å². The number of carbonyl (C=O) groups is 1. The second kappa shape index (κ2) is 6.08. The van der Waals surface area contributed by atoms with Crippen molar-refractivity contribution in [1.29, 1.82) is 0 Å². The third-order valence-corrected chi connectivity index (χ3v) is 4.47. The van der Waals surface area contributed by atoms with E-state index in [0.29, 0.717) is 5.56 Å². The molecular formula is C13H13N3OS2. The molecular weight excluding hydrogens is 278 g/mol. The molecule has 0 bridgehead atoms. The van der Waals surface area contributed by atoms with Crippen molar-refractivity contribution in [2.45, 2.75) is 23.9 Å². The zero-order valence-corrected chi connectivity index (χ0v) is 12.2. The minimum atomic E-state index is -0.415. The molecule has 2 N–H and O–H groups in total. The van der Waals surface area contributed by atoms with Crippen molar-refractivity contribution < 1.29 is 4.79 Å². The molecule has 6 heteroatoms. The average Bonchev–Trinajstić information content (AvgIpc) is 2.36. The summed E-state index contributed by atoms with van der Waals surface area (Å²) in [6, 6.07) is 9.10. The zero-order valence-electron chi connectivity index (χ0n) is 10.6. The fourth-order valence-corrected chi connectivity index (χ4v) is 3.34. The lowest BCUT2D eigenvalue weighted by molar-refractivity contribution is 0.1000. The van der Waals surface area contributed by atoms with Gasteiger partial charge in [-0.25, -0.2) is 9.97 Å². The first-order valence-corrected chi connectivity index (χ1v) is 7.76. The molecule has 0 atom stereocenters. The molecule has 0 aliphatic heterocycles. The molecule has 4 nitrogen and oxygen atoms in total. The van der Waals surface area contributed by atoms with Gasteiger partial charge in [0.15, 0.2) is 5.16 Å². The van der Waals surface area contributed by atoms with E-state index in [1.165, 1.54) is 10.8 Å². The number of nitrogens with zero attached hydrogens (tertiary/aromatic N) is 2. The molecule has 19 heavy (non-hydrogen) atoms. The number of hydrogen-bond donors (Lipinski definition) is 1. The van der Waals surface area contributed by atoms with E-state index in [9.17, 15) is 4.79 Å². The molecule has 1 aromatic carbocycles. The molecule has 0 fully saturated rings. The Kier molecular flexibility index (Phi) is 4.44. The third-order valence-electron chi connectivity index (χ3n) is 2.31. The number of nitrogens with two attached hydrogens (primary N) is 1. The minimum Gasteiger partial charge on any atom is -0.366 e. The van der Waals surface area contributed by atoms with Gasteiger partial charge in [-0.1, -0.05) is 0 Å². The van der Waals surface area contributed by atoms with E-state index >= 15 is 0 Å².